The highest BCUT2D eigenvalue weighted by Gasteiger charge is 2.20. The summed E-state index contributed by atoms with van der Waals surface area (Å²) in [6.07, 6.45) is 4.40. The summed E-state index contributed by atoms with van der Waals surface area (Å²) in [5.74, 6) is -0.925. The van der Waals surface area contributed by atoms with Gasteiger partial charge in [0.1, 0.15) is 16.9 Å². The highest BCUT2D eigenvalue weighted by Crippen LogP contribution is 2.22. The molecule has 0 fully saturated rings. The van der Waals surface area contributed by atoms with Gasteiger partial charge in [-0.15, -0.1) is 0 Å². The maximum absolute atomic E-state index is 14.9. The molecule has 2 aromatic carbocycles. The van der Waals surface area contributed by atoms with Gasteiger partial charge in [-0.1, -0.05) is 44.9 Å². The molecule has 0 amide bonds. The SMILES string of the molecule is CCCCc1cc2ccc(C(=O)Oc3ccc(CCC)cc3)c(F)c2c(=O)o1. The van der Waals surface area contributed by atoms with Crippen LogP contribution in [0.1, 0.15) is 54.8 Å². The van der Waals surface area contributed by atoms with Crippen molar-refractivity contribution in [2.45, 2.75) is 46.0 Å². The summed E-state index contributed by atoms with van der Waals surface area (Å²) in [6, 6.07) is 11.6. The molecule has 0 bridgehead atoms. The van der Waals surface area contributed by atoms with E-state index in [4.69, 9.17) is 9.15 Å². The van der Waals surface area contributed by atoms with Crippen LogP contribution in [0, 0.1) is 5.82 Å². The number of fused-ring (bicyclic) bond motifs is 1. The molecule has 3 rings (SSSR count). The Balaban J connectivity index is 1.88. The van der Waals surface area contributed by atoms with E-state index in [1.54, 1.807) is 24.3 Å². The molecule has 0 spiro atoms. The van der Waals surface area contributed by atoms with E-state index in [0.717, 1.165) is 31.2 Å². The molecular formula is C23H23FO4. The van der Waals surface area contributed by atoms with E-state index in [0.29, 0.717) is 23.3 Å². The minimum absolute atomic E-state index is 0.229. The van der Waals surface area contributed by atoms with Crippen molar-refractivity contribution in [2.24, 2.45) is 0 Å². The molecule has 0 saturated carbocycles. The zero-order valence-corrected chi connectivity index (χ0v) is 16.1. The Morgan fingerprint density at radius 3 is 2.46 bits per heavy atom. The Kier molecular flexibility index (Phi) is 6.24. The van der Waals surface area contributed by atoms with Gasteiger partial charge in [-0.3, -0.25) is 0 Å². The molecule has 0 radical (unpaired) electrons. The van der Waals surface area contributed by atoms with E-state index in [1.807, 2.05) is 19.1 Å². The Morgan fingerprint density at radius 2 is 1.79 bits per heavy atom. The minimum atomic E-state index is -0.916. The van der Waals surface area contributed by atoms with Gasteiger partial charge in [0.05, 0.1) is 5.56 Å². The second-order valence-corrected chi connectivity index (χ2v) is 6.78. The standard InChI is InChI=1S/C23H23FO4/c1-3-5-7-18-14-16-10-13-19(21(24)20(16)23(26)28-18)22(25)27-17-11-8-15(6-4-2)9-12-17/h8-14H,3-7H2,1-2H3. The molecule has 0 aliphatic rings. The largest absolute Gasteiger partial charge is 0.427 e. The molecule has 4 nitrogen and oxygen atoms in total. The van der Waals surface area contributed by atoms with Gasteiger partial charge >= 0.3 is 11.6 Å². The molecule has 0 aliphatic heterocycles. The zero-order chi connectivity index (χ0) is 20.1. The van der Waals surface area contributed by atoms with Gasteiger partial charge in [-0.2, -0.15) is 0 Å². The molecule has 146 valence electrons. The summed E-state index contributed by atoms with van der Waals surface area (Å²) < 4.78 is 25.4. The monoisotopic (exact) mass is 382 g/mol. The van der Waals surface area contributed by atoms with E-state index in [9.17, 15) is 14.0 Å². The smallest absolute Gasteiger partial charge is 0.346 e. The Labute approximate surface area is 162 Å². The van der Waals surface area contributed by atoms with E-state index in [-0.39, 0.29) is 10.9 Å². The number of rotatable bonds is 7. The van der Waals surface area contributed by atoms with Crippen LogP contribution in [-0.2, 0) is 12.8 Å². The first-order valence-electron chi connectivity index (χ1n) is 9.59. The summed E-state index contributed by atoms with van der Waals surface area (Å²) in [7, 11) is 0. The quantitative estimate of drug-likeness (QED) is 0.403. The van der Waals surface area contributed by atoms with Crippen molar-refractivity contribution in [1.29, 1.82) is 0 Å². The molecule has 0 atom stereocenters. The second kappa shape index (κ2) is 8.83. The minimum Gasteiger partial charge on any atom is -0.427 e. The number of ether oxygens (including phenoxy) is 1. The average molecular weight is 382 g/mol. The lowest BCUT2D eigenvalue weighted by Crippen LogP contribution is -2.13. The van der Waals surface area contributed by atoms with Gasteiger partial charge in [0.25, 0.3) is 0 Å². The average Bonchev–Trinajstić information content (AvgIpc) is 2.68. The molecule has 3 aromatic rings. The maximum atomic E-state index is 14.9. The number of unbranched alkanes of at least 4 members (excludes halogenated alkanes) is 1. The molecular weight excluding hydrogens is 359 g/mol. The van der Waals surface area contributed by atoms with Gasteiger partial charge in [-0.25, -0.2) is 14.0 Å². The van der Waals surface area contributed by atoms with Crippen LogP contribution in [0.25, 0.3) is 10.8 Å². The van der Waals surface area contributed by atoms with Crippen LogP contribution in [-0.4, -0.2) is 5.97 Å². The lowest BCUT2D eigenvalue weighted by molar-refractivity contribution is 0.0730. The van der Waals surface area contributed by atoms with Crippen LogP contribution in [0.2, 0.25) is 0 Å². The molecule has 0 N–H and O–H groups in total. The summed E-state index contributed by atoms with van der Waals surface area (Å²) in [6.45, 7) is 4.12. The van der Waals surface area contributed by atoms with Gasteiger partial charge in [-0.05, 0) is 48.1 Å². The molecule has 0 unspecified atom stereocenters. The third-order valence-corrected chi connectivity index (χ3v) is 4.59. The molecule has 1 heterocycles. The number of benzene rings is 2. The van der Waals surface area contributed by atoms with Crippen LogP contribution >= 0.6 is 0 Å². The third-order valence-electron chi connectivity index (χ3n) is 4.59. The first kappa shape index (κ1) is 19.8. The second-order valence-electron chi connectivity index (χ2n) is 6.78. The summed E-state index contributed by atoms with van der Waals surface area (Å²) in [5, 5.41) is 0.188. The highest BCUT2D eigenvalue weighted by atomic mass is 19.1. The fraction of sp³-hybridized carbons (Fsp3) is 0.304. The number of esters is 1. The van der Waals surface area contributed by atoms with Crippen molar-refractivity contribution in [3.63, 3.8) is 0 Å². The van der Waals surface area contributed by atoms with Crippen LogP contribution in [0.15, 0.2) is 51.7 Å². The van der Waals surface area contributed by atoms with Crippen LogP contribution < -0.4 is 10.4 Å². The highest BCUT2D eigenvalue weighted by molar-refractivity contribution is 5.96. The fourth-order valence-electron chi connectivity index (χ4n) is 3.10. The lowest BCUT2D eigenvalue weighted by atomic mass is 10.1. The van der Waals surface area contributed by atoms with Crippen molar-refractivity contribution < 1.29 is 18.3 Å². The molecule has 28 heavy (non-hydrogen) atoms. The fourth-order valence-corrected chi connectivity index (χ4v) is 3.10. The van der Waals surface area contributed by atoms with Crippen LogP contribution in [0.4, 0.5) is 4.39 Å². The predicted molar refractivity (Wildman–Crippen MR) is 106 cm³/mol. The summed E-state index contributed by atoms with van der Waals surface area (Å²) in [4.78, 5) is 24.7. The molecule has 5 heteroatoms. The topological polar surface area (TPSA) is 56.5 Å². The van der Waals surface area contributed by atoms with Crippen molar-refractivity contribution in [3.05, 3.63) is 75.6 Å². The van der Waals surface area contributed by atoms with E-state index in [2.05, 4.69) is 6.92 Å². The van der Waals surface area contributed by atoms with E-state index >= 15 is 0 Å². The number of halogens is 1. The van der Waals surface area contributed by atoms with E-state index < -0.39 is 17.4 Å². The van der Waals surface area contributed by atoms with Crippen molar-refractivity contribution in [3.8, 4) is 5.75 Å². The lowest BCUT2D eigenvalue weighted by Gasteiger charge is -2.08. The number of hydrogen-bond acceptors (Lipinski definition) is 4. The third kappa shape index (κ3) is 4.30. The summed E-state index contributed by atoms with van der Waals surface area (Å²) in [5.41, 5.74) is 0.0640. The molecule has 0 aliphatic carbocycles. The Bertz CT molecular complexity index is 1030. The predicted octanol–water partition coefficient (Wildman–Crippen LogP) is 5.45. The maximum Gasteiger partial charge on any atom is 0.346 e. The Morgan fingerprint density at radius 1 is 1.04 bits per heavy atom. The van der Waals surface area contributed by atoms with Gasteiger partial charge in [0.15, 0.2) is 5.82 Å². The number of aryl methyl sites for hydroxylation is 2. The number of carbonyl (C=O) groups is 1. The zero-order valence-electron chi connectivity index (χ0n) is 16.1. The normalized spacial score (nSPS) is 11.0. The van der Waals surface area contributed by atoms with Crippen LogP contribution in [0.5, 0.6) is 5.75 Å². The molecule has 0 saturated heterocycles. The van der Waals surface area contributed by atoms with Gasteiger partial charge in [0.2, 0.25) is 0 Å². The molecule has 1 aromatic heterocycles. The Hall–Kier alpha value is -2.95. The van der Waals surface area contributed by atoms with Crippen molar-refractivity contribution >= 4 is 16.7 Å². The van der Waals surface area contributed by atoms with Crippen molar-refractivity contribution in [1.82, 2.24) is 0 Å². The van der Waals surface area contributed by atoms with Gasteiger partial charge in [0, 0.05) is 6.42 Å². The van der Waals surface area contributed by atoms with Gasteiger partial charge < -0.3 is 9.15 Å². The van der Waals surface area contributed by atoms with Crippen LogP contribution in [0.3, 0.4) is 0 Å². The first-order chi connectivity index (χ1) is 13.5. The first-order valence-corrected chi connectivity index (χ1v) is 9.59. The number of hydrogen-bond donors (Lipinski definition) is 0. The van der Waals surface area contributed by atoms with Crippen molar-refractivity contribution in [2.75, 3.05) is 0 Å². The summed E-state index contributed by atoms with van der Waals surface area (Å²) >= 11 is 0. The van der Waals surface area contributed by atoms with E-state index in [1.165, 1.54) is 6.07 Å². The number of carbonyl (C=O) groups excluding carboxylic acids is 1.